The molecule has 2 rings (SSSR count). The first kappa shape index (κ1) is 11.1. The Balaban J connectivity index is 2.14. The maximum atomic E-state index is 12.8. The molecule has 1 saturated heterocycles. The molecule has 16 heavy (non-hydrogen) atoms. The standard InChI is InChI=1S/C12H13FO3/c13-10-3-1-9(2-4-10)12(7-8-16-12)6-5-11(14)15/h1-4H,5-8H2,(H,14,15). The molecule has 0 aromatic heterocycles. The van der Waals surface area contributed by atoms with Crippen molar-refractivity contribution in [2.24, 2.45) is 0 Å². The summed E-state index contributed by atoms with van der Waals surface area (Å²) in [4.78, 5) is 10.6. The molecular formula is C12H13FO3. The lowest BCUT2D eigenvalue weighted by Crippen LogP contribution is -2.41. The normalized spacial score (nSPS) is 23.8. The number of ether oxygens (including phenoxy) is 1. The van der Waals surface area contributed by atoms with Crippen LogP contribution < -0.4 is 0 Å². The number of hydrogen-bond donors (Lipinski definition) is 1. The second-order valence-electron chi connectivity index (χ2n) is 3.99. The number of carboxylic acid groups (broad SMARTS) is 1. The molecule has 1 N–H and O–H groups in total. The van der Waals surface area contributed by atoms with Crippen LogP contribution in [-0.2, 0) is 15.1 Å². The zero-order valence-electron chi connectivity index (χ0n) is 8.78. The van der Waals surface area contributed by atoms with E-state index in [1.54, 1.807) is 12.1 Å². The number of carbonyl (C=O) groups is 1. The molecule has 3 nitrogen and oxygen atoms in total. The van der Waals surface area contributed by atoms with E-state index >= 15 is 0 Å². The van der Waals surface area contributed by atoms with Gasteiger partial charge in [0.1, 0.15) is 5.82 Å². The van der Waals surface area contributed by atoms with Gasteiger partial charge in [0.25, 0.3) is 0 Å². The highest BCUT2D eigenvalue weighted by atomic mass is 19.1. The molecule has 0 radical (unpaired) electrons. The Kier molecular flexibility index (Phi) is 2.92. The van der Waals surface area contributed by atoms with Gasteiger partial charge in [-0.05, 0) is 24.1 Å². The topological polar surface area (TPSA) is 46.5 Å². The summed E-state index contributed by atoms with van der Waals surface area (Å²) in [7, 11) is 0. The molecule has 1 heterocycles. The monoisotopic (exact) mass is 224 g/mol. The SMILES string of the molecule is O=C(O)CCC1(c2ccc(F)cc2)CCO1. The summed E-state index contributed by atoms with van der Waals surface area (Å²) in [5.41, 5.74) is 0.355. The minimum Gasteiger partial charge on any atom is -0.481 e. The highest BCUT2D eigenvalue weighted by molar-refractivity contribution is 5.66. The lowest BCUT2D eigenvalue weighted by Gasteiger charge is -2.42. The maximum Gasteiger partial charge on any atom is 0.303 e. The van der Waals surface area contributed by atoms with Gasteiger partial charge in [0.05, 0.1) is 12.2 Å². The second kappa shape index (κ2) is 4.22. The van der Waals surface area contributed by atoms with Gasteiger partial charge in [0.15, 0.2) is 0 Å². The van der Waals surface area contributed by atoms with Crippen molar-refractivity contribution in [2.45, 2.75) is 24.9 Å². The second-order valence-corrected chi connectivity index (χ2v) is 3.99. The van der Waals surface area contributed by atoms with E-state index in [-0.39, 0.29) is 12.2 Å². The van der Waals surface area contributed by atoms with Gasteiger partial charge in [0.2, 0.25) is 0 Å². The highest BCUT2D eigenvalue weighted by Gasteiger charge is 2.40. The summed E-state index contributed by atoms with van der Waals surface area (Å²) in [5.74, 6) is -1.13. The molecule has 1 aliphatic heterocycles. The van der Waals surface area contributed by atoms with Gasteiger partial charge < -0.3 is 9.84 Å². The summed E-state index contributed by atoms with van der Waals surface area (Å²) < 4.78 is 18.3. The summed E-state index contributed by atoms with van der Waals surface area (Å²) in [5, 5.41) is 8.67. The van der Waals surface area contributed by atoms with E-state index < -0.39 is 11.6 Å². The van der Waals surface area contributed by atoms with Crippen LogP contribution in [0.1, 0.15) is 24.8 Å². The number of carboxylic acids is 1. The van der Waals surface area contributed by atoms with E-state index in [4.69, 9.17) is 9.84 Å². The predicted octanol–water partition coefficient (Wildman–Crippen LogP) is 2.31. The zero-order chi connectivity index (χ0) is 11.6. The van der Waals surface area contributed by atoms with Crippen LogP contribution >= 0.6 is 0 Å². The first-order valence-electron chi connectivity index (χ1n) is 5.24. The van der Waals surface area contributed by atoms with E-state index in [0.717, 1.165) is 12.0 Å². The van der Waals surface area contributed by atoms with Gasteiger partial charge >= 0.3 is 5.97 Å². The number of halogens is 1. The molecule has 4 heteroatoms. The fourth-order valence-electron chi connectivity index (χ4n) is 1.98. The van der Waals surface area contributed by atoms with Crippen LogP contribution in [0.2, 0.25) is 0 Å². The lowest BCUT2D eigenvalue weighted by atomic mass is 9.82. The zero-order valence-corrected chi connectivity index (χ0v) is 8.78. The van der Waals surface area contributed by atoms with Crippen molar-refractivity contribution in [3.8, 4) is 0 Å². The summed E-state index contributed by atoms with van der Waals surface area (Å²) in [6.07, 6.45) is 1.30. The first-order chi connectivity index (χ1) is 7.62. The molecule has 1 aromatic carbocycles. The quantitative estimate of drug-likeness (QED) is 0.853. The molecule has 0 saturated carbocycles. The van der Waals surface area contributed by atoms with Gasteiger partial charge in [0, 0.05) is 12.8 Å². The molecule has 1 atom stereocenters. The molecule has 0 bridgehead atoms. The van der Waals surface area contributed by atoms with Crippen molar-refractivity contribution in [1.29, 1.82) is 0 Å². The van der Waals surface area contributed by atoms with Crippen LogP contribution in [-0.4, -0.2) is 17.7 Å². The Morgan fingerprint density at radius 3 is 2.50 bits per heavy atom. The van der Waals surface area contributed by atoms with Crippen molar-refractivity contribution in [3.05, 3.63) is 35.6 Å². The van der Waals surface area contributed by atoms with Crippen molar-refractivity contribution in [2.75, 3.05) is 6.61 Å². The summed E-state index contributed by atoms with van der Waals surface area (Å²) in [6, 6.07) is 6.08. The van der Waals surface area contributed by atoms with Crippen molar-refractivity contribution >= 4 is 5.97 Å². The van der Waals surface area contributed by atoms with Crippen LogP contribution in [0.15, 0.2) is 24.3 Å². The number of aliphatic carboxylic acids is 1. The van der Waals surface area contributed by atoms with Gasteiger partial charge in [-0.15, -0.1) is 0 Å². The smallest absolute Gasteiger partial charge is 0.303 e. The van der Waals surface area contributed by atoms with E-state index in [1.807, 2.05) is 0 Å². The molecular weight excluding hydrogens is 211 g/mol. The molecule has 1 fully saturated rings. The van der Waals surface area contributed by atoms with Crippen LogP contribution in [0.4, 0.5) is 4.39 Å². The molecule has 0 amide bonds. The minimum absolute atomic E-state index is 0.0668. The van der Waals surface area contributed by atoms with Crippen molar-refractivity contribution in [3.63, 3.8) is 0 Å². The molecule has 1 aliphatic rings. The fraction of sp³-hybridized carbons (Fsp3) is 0.417. The van der Waals surface area contributed by atoms with Crippen LogP contribution in [0, 0.1) is 5.82 Å². The largest absolute Gasteiger partial charge is 0.481 e. The molecule has 1 unspecified atom stereocenters. The average Bonchev–Trinajstić information content (AvgIpc) is 2.18. The van der Waals surface area contributed by atoms with E-state index in [9.17, 15) is 9.18 Å². The predicted molar refractivity (Wildman–Crippen MR) is 55.5 cm³/mol. The minimum atomic E-state index is -0.836. The third-order valence-corrected chi connectivity index (χ3v) is 3.00. The lowest BCUT2D eigenvalue weighted by molar-refractivity contribution is -0.165. The highest BCUT2D eigenvalue weighted by Crippen LogP contribution is 2.41. The van der Waals surface area contributed by atoms with Gasteiger partial charge in [-0.25, -0.2) is 4.39 Å². The Morgan fingerprint density at radius 2 is 2.06 bits per heavy atom. The Bertz CT molecular complexity index is 382. The third kappa shape index (κ3) is 2.07. The molecule has 0 aliphatic carbocycles. The molecule has 1 aromatic rings. The Morgan fingerprint density at radius 1 is 1.44 bits per heavy atom. The molecule has 0 spiro atoms. The van der Waals surface area contributed by atoms with Crippen molar-refractivity contribution in [1.82, 2.24) is 0 Å². The number of benzene rings is 1. The van der Waals surface area contributed by atoms with Gasteiger partial charge in [-0.2, -0.15) is 0 Å². The Labute approximate surface area is 92.9 Å². The average molecular weight is 224 g/mol. The van der Waals surface area contributed by atoms with Crippen LogP contribution in [0.3, 0.4) is 0 Å². The van der Waals surface area contributed by atoms with Crippen LogP contribution in [0.5, 0.6) is 0 Å². The van der Waals surface area contributed by atoms with Crippen molar-refractivity contribution < 1.29 is 19.0 Å². The summed E-state index contributed by atoms with van der Waals surface area (Å²) in [6.45, 7) is 0.636. The third-order valence-electron chi connectivity index (χ3n) is 3.00. The summed E-state index contributed by atoms with van der Waals surface area (Å²) >= 11 is 0. The van der Waals surface area contributed by atoms with E-state index in [2.05, 4.69) is 0 Å². The van der Waals surface area contributed by atoms with Gasteiger partial charge in [-0.3, -0.25) is 4.79 Å². The Hall–Kier alpha value is -1.42. The number of hydrogen-bond acceptors (Lipinski definition) is 2. The molecule has 86 valence electrons. The first-order valence-corrected chi connectivity index (χ1v) is 5.24. The van der Waals surface area contributed by atoms with Crippen LogP contribution in [0.25, 0.3) is 0 Å². The number of rotatable bonds is 4. The van der Waals surface area contributed by atoms with E-state index in [0.29, 0.717) is 13.0 Å². The van der Waals surface area contributed by atoms with E-state index in [1.165, 1.54) is 12.1 Å². The fourth-order valence-corrected chi connectivity index (χ4v) is 1.98. The van der Waals surface area contributed by atoms with Gasteiger partial charge in [-0.1, -0.05) is 12.1 Å². The maximum absolute atomic E-state index is 12.8.